The Kier molecular flexibility index (Phi) is 16.6. The Hall–Kier alpha value is -6.95. The van der Waals surface area contributed by atoms with Crippen LogP contribution in [0.4, 0.5) is 5.69 Å². The number of aromatic hydroxyl groups is 1. The number of cyclic esters (lactones) is 1. The summed E-state index contributed by atoms with van der Waals surface area (Å²) >= 11 is 0. The Balaban J connectivity index is 1.25. The van der Waals surface area contributed by atoms with Gasteiger partial charge in [-0.3, -0.25) is 34.0 Å². The van der Waals surface area contributed by atoms with E-state index in [1.54, 1.807) is 51.4 Å². The Morgan fingerprint density at radius 1 is 1.03 bits per heavy atom. The third-order valence-electron chi connectivity index (χ3n) is 13.3. The lowest BCUT2D eigenvalue weighted by Crippen LogP contribution is -2.62. The van der Waals surface area contributed by atoms with E-state index in [-0.39, 0.29) is 43.0 Å². The van der Waals surface area contributed by atoms with Crippen molar-refractivity contribution >= 4 is 46.2 Å². The fourth-order valence-electron chi connectivity index (χ4n) is 9.71. The first-order valence-corrected chi connectivity index (χ1v) is 24.7. The smallest absolute Gasteiger partial charge is 0.324 e. The molecule has 1 fully saturated rings. The van der Waals surface area contributed by atoms with Crippen LogP contribution in [-0.4, -0.2) is 130 Å². The molecule has 17 nitrogen and oxygen atoms in total. The highest BCUT2D eigenvalue weighted by Crippen LogP contribution is 2.42. The van der Waals surface area contributed by atoms with Crippen molar-refractivity contribution in [2.45, 2.75) is 98.0 Å². The first kappa shape index (κ1) is 52.9. The van der Waals surface area contributed by atoms with E-state index in [1.165, 1.54) is 35.3 Å². The minimum absolute atomic E-state index is 0.0283. The Morgan fingerprint density at radius 2 is 1.81 bits per heavy atom. The van der Waals surface area contributed by atoms with Gasteiger partial charge in [0.2, 0.25) is 11.8 Å². The molecule has 3 aromatic heterocycles. The molecule has 382 valence electrons. The van der Waals surface area contributed by atoms with Gasteiger partial charge >= 0.3 is 5.97 Å². The van der Waals surface area contributed by atoms with Gasteiger partial charge in [0.25, 0.3) is 11.8 Å². The minimum Gasteiger partial charge on any atom is -0.508 e. The predicted molar refractivity (Wildman–Crippen MR) is 277 cm³/mol. The van der Waals surface area contributed by atoms with Crippen molar-refractivity contribution in [3.63, 3.8) is 0 Å². The summed E-state index contributed by atoms with van der Waals surface area (Å²) in [6.45, 7) is 13.4. The van der Waals surface area contributed by atoms with E-state index >= 15 is 0 Å². The number of phenols is 1. The lowest BCUT2D eigenvalue weighted by molar-refractivity contribution is -0.155. The molecule has 0 unspecified atom stereocenters. The molecule has 0 spiro atoms. The van der Waals surface area contributed by atoms with Crippen LogP contribution in [0.1, 0.15) is 87.8 Å². The molecule has 5 aromatic rings. The molecular formula is C55H69N9O8. The number of hydrogen-bond donors (Lipinski definition) is 4. The van der Waals surface area contributed by atoms with E-state index in [0.29, 0.717) is 49.2 Å². The average molecular weight is 984 g/mol. The van der Waals surface area contributed by atoms with Gasteiger partial charge in [-0.1, -0.05) is 45.9 Å². The minimum atomic E-state index is -1.21. The quantitative estimate of drug-likeness (QED) is 0.0720. The molecule has 5 heterocycles. The van der Waals surface area contributed by atoms with Crippen molar-refractivity contribution in [3.8, 4) is 28.1 Å². The van der Waals surface area contributed by atoms with Gasteiger partial charge in [-0.05, 0) is 124 Å². The number of benzene rings is 2. The molecule has 4 N–H and O–H groups in total. The largest absolute Gasteiger partial charge is 0.508 e. The number of aryl methyl sites for hydroxylation is 1. The van der Waals surface area contributed by atoms with Gasteiger partial charge in [-0.2, -0.15) is 0 Å². The van der Waals surface area contributed by atoms with Crippen LogP contribution in [0.25, 0.3) is 33.3 Å². The van der Waals surface area contributed by atoms with Gasteiger partial charge < -0.3 is 39.6 Å². The lowest BCUT2D eigenvalue weighted by atomic mass is 9.84. The lowest BCUT2D eigenvalue weighted by Gasteiger charge is -2.36. The maximum absolute atomic E-state index is 14.8. The van der Waals surface area contributed by atoms with Crippen LogP contribution in [-0.2, 0) is 48.0 Å². The molecule has 6 bridgehead atoms. The maximum Gasteiger partial charge on any atom is 0.324 e. The van der Waals surface area contributed by atoms with Gasteiger partial charge in [0, 0.05) is 74.4 Å². The second kappa shape index (κ2) is 22.6. The molecule has 2 aliphatic heterocycles. The molecule has 17 heteroatoms. The summed E-state index contributed by atoms with van der Waals surface area (Å²) in [5, 5.41) is 19.4. The number of nitrogens with zero attached hydrogens (tertiary/aromatic N) is 6. The average Bonchev–Trinajstić information content (AvgIpc) is 3.65. The summed E-state index contributed by atoms with van der Waals surface area (Å²) < 4.78 is 14.2. The van der Waals surface area contributed by atoms with Crippen LogP contribution in [0.2, 0.25) is 0 Å². The number of carbonyl (C=O) groups excluding carboxylic acids is 5. The highest BCUT2D eigenvalue weighted by atomic mass is 16.5. The van der Waals surface area contributed by atoms with Gasteiger partial charge in [0.1, 0.15) is 29.6 Å². The molecule has 72 heavy (non-hydrogen) atoms. The predicted octanol–water partition coefficient (Wildman–Crippen LogP) is 6.70. The monoisotopic (exact) mass is 984 g/mol. The third-order valence-corrected chi connectivity index (χ3v) is 13.3. The Morgan fingerprint density at radius 3 is 2.50 bits per heavy atom. The van der Waals surface area contributed by atoms with Crippen LogP contribution >= 0.6 is 0 Å². The second-order valence-electron chi connectivity index (χ2n) is 20.2. The summed E-state index contributed by atoms with van der Waals surface area (Å²) in [4.78, 5) is 82.1. The Bertz CT molecular complexity index is 2840. The van der Waals surface area contributed by atoms with E-state index in [4.69, 9.17) is 14.5 Å². The summed E-state index contributed by atoms with van der Waals surface area (Å²) in [6, 6.07) is 15.3. The van der Waals surface area contributed by atoms with Crippen LogP contribution in [0.3, 0.4) is 0 Å². The number of anilines is 1. The van der Waals surface area contributed by atoms with Gasteiger partial charge in [-0.15, -0.1) is 0 Å². The molecule has 2 aliphatic rings. The van der Waals surface area contributed by atoms with Crippen molar-refractivity contribution in [2.24, 2.45) is 11.3 Å². The summed E-state index contributed by atoms with van der Waals surface area (Å²) in [6.07, 6.45) is 7.40. The zero-order valence-corrected chi connectivity index (χ0v) is 43.1. The molecule has 4 amide bonds. The number of aromatic nitrogens is 3. The molecular weight excluding hydrogens is 915 g/mol. The van der Waals surface area contributed by atoms with Crippen molar-refractivity contribution in [3.05, 3.63) is 108 Å². The van der Waals surface area contributed by atoms with Crippen molar-refractivity contribution in [1.82, 2.24) is 40.1 Å². The second-order valence-corrected chi connectivity index (χ2v) is 20.2. The number of carbonyl (C=O) groups is 5. The number of hydrogen-bond acceptors (Lipinski definition) is 12. The van der Waals surface area contributed by atoms with E-state index in [1.807, 2.05) is 44.1 Å². The van der Waals surface area contributed by atoms with Crippen LogP contribution in [0.15, 0.2) is 85.2 Å². The maximum atomic E-state index is 14.8. The van der Waals surface area contributed by atoms with Gasteiger partial charge in [0.05, 0.1) is 36.0 Å². The number of fused-ring (bicyclic) bond motifs is 6. The molecule has 7 rings (SSSR count). The summed E-state index contributed by atoms with van der Waals surface area (Å²) in [5.74, 6) is -2.92. The highest BCUT2D eigenvalue weighted by molar-refractivity contribution is 6.00. The number of pyridine rings is 2. The van der Waals surface area contributed by atoms with Crippen molar-refractivity contribution in [2.75, 3.05) is 53.3 Å². The fraction of sp³-hybridized carbons (Fsp3) is 0.436. The molecule has 4 atom stereocenters. The number of ether oxygens (including phenoxy) is 2. The van der Waals surface area contributed by atoms with Crippen molar-refractivity contribution in [1.29, 1.82) is 0 Å². The SMILES string of the molecule is CCn1c(-c2cccnc2[C@H](C)OC)c2c3cc(ccc31)-c1cc(O)cc(c1)C[C@H](NC(=O)[C@H](C(C)C)N(C)C(=O)c1ccc(NC(=O)/C=C/CN(C)C)cn1)C(=O)N1CCC[C@H](N1)C(=O)OCC(C)(C)C2. The Labute approximate surface area is 421 Å². The summed E-state index contributed by atoms with van der Waals surface area (Å²) in [7, 11) is 6.96. The topological polar surface area (TPSA) is 201 Å². The van der Waals surface area contributed by atoms with Crippen molar-refractivity contribution < 1.29 is 38.6 Å². The molecule has 2 aromatic carbocycles. The number of esters is 1. The third kappa shape index (κ3) is 12.0. The first-order valence-electron chi connectivity index (χ1n) is 24.7. The van der Waals surface area contributed by atoms with E-state index < -0.39 is 53.1 Å². The fourth-order valence-corrected chi connectivity index (χ4v) is 9.71. The molecule has 0 saturated carbocycles. The van der Waals surface area contributed by atoms with Gasteiger partial charge in [0.15, 0.2) is 0 Å². The standard InChI is InChI=1S/C55H69N9O8/c1-11-63-46-21-18-36-29-41(46)42(50(63)40-15-12-22-56-48(40)34(4)71-10)30-55(5,6)32-72-54(70)44-16-13-24-64(60-44)53(69)45(27-35-25-37(36)28-39(65)26-35)59-51(67)49(33(2)3)62(9)52(68)43-20-19-38(31-57-43)58-47(66)17-14-23-61(7)8/h12,14-15,17-22,25-26,28-29,31,33-34,44-45,49,60,65H,11,13,16,23-24,27,30,32H2,1-10H3,(H,58,66)(H,59,67)/b17-14+/t34-,44-,45-,49-/m0/s1. The summed E-state index contributed by atoms with van der Waals surface area (Å²) in [5.41, 5.74) is 9.85. The molecule has 0 aliphatic carbocycles. The number of hydrazine groups is 1. The number of methoxy groups -OCH3 is 1. The van der Waals surface area contributed by atoms with Crippen LogP contribution < -0.4 is 16.1 Å². The number of rotatable bonds is 13. The van der Waals surface area contributed by atoms with Gasteiger partial charge in [-0.25, -0.2) is 10.4 Å². The van der Waals surface area contributed by atoms with Crippen LogP contribution in [0.5, 0.6) is 5.75 Å². The van der Waals surface area contributed by atoms with Crippen LogP contribution in [0, 0.1) is 11.3 Å². The zero-order chi connectivity index (χ0) is 52.0. The molecule has 0 radical (unpaired) electrons. The van der Waals surface area contributed by atoms with E-state index in [9.17, 15) is 29.1 Å². The first-order chi connectivity index (χ1) is 34.3. The number of likely N-dealkylation sites (N-methyl/N-ethyl adjacent to an activating group) is 2. The normalized spacial score (nSPS) is 18.2. The number of nitrogens with one attached hydrogen (secondary N) is 3. The number of phenolic OH excluding ortho intramolecular Hbond substituents is 1. The van der Waals surface area contributed by atoms with E-state index in [0.717, 1.165) is 39.0 Å². The van der Waals surface area contributed by atoms with E-state index in [2.05, 4.69) is 64.6 Å². The highest BCUT2D eigenvalue weighted by Gasteiger charge is 2.38. The molecule has 1 saturated heterocycles. The number of amides is 4. The zero-order valence-electron chi connectivity index (χ0n) is 43.1.